The van der Waals surface area contributed by atoms with Crippen molar-refractivity contribution in [3.8, 4) is 16.9 Å². The summed E-state index contributed by atoms with van der Waals surface area (Å²) >= 11 is 1.76. The van der Waals surface area contributed by atoms with E-state index in [-0.39, 0.29) is 5.25 Å². The van der Waals surface area contributed by atoms with Gasteiger partial charge in [-0.15, -0.1) is 11.8 Å². The molecule has 0 spiro atoms. The summed E-state index contributed by atoms with van der Waals surface area (Å²) < 4.78 is 38.6. The highest BCUT2D eigenvalue weighted by Gasteiger charge is 2.30. The molecule has 3 aromatic carbocycles. The van der Waals surface area contributed by atoms with Crippen molar-refractivity contribution in [1.29, 1.82) is 0 Å². The molecule has 0 aliphatic carbocycles. The number of thioether (sulfide) groups is 1. The highest BCUT2D eigenvalue weighted by molar-refractivity contribution is 7.99. The molecule has 0 aromatic heterocycles. The van der Waals surface area contributed by atoms with Crippen molar-refractivity contribution in [2.24, 2.45) is 0 Å². The van der Waals surface area contributed by atoms with Crippen LogP contribution in [0.5, 0.6) is 5.75 Å². The molecule has 0 amide bonds. The van der Waals surface area contributed by atoms with E-state index in [0.717, 1.165) is 58.5 Å². The van der Waals surface area contributed by atoms with Gasteiger partial charge in [0.15, 0.2) is 5.75 Å². The first-order valence-electron chi connectivity index (χ1n) is 12.1. The number of aryl methyl sites for hydroxylation is 1. The molecule has 0 bridgehead atoms. The first-order valence-corrected chi connectivity index (χ1v) is 13.0. The van der Waals surface area contributed by atoms with Crippen molar-refractivity contribution >= 4 is 17.7 Å². The van der Waals surface area contributed by atoms with Gasteiger partial charge in [-0.2, -0.15) is 13.2 Å². The lowest BCUT2D eigenvalue weighted by Gasteiger charge is -2.18. The van der Waals surface area contributed by atoms with E-state index in [9.17, 15) is 18.0 Å². The van der Waals surface area contributed by atoms with Crippen LogP contribution in [0.4, 0.5) is 13.2 Å². The van der Waals surface area contributed by atoms with Crippen LogP contribution < -0.4 is 4.89 Å². The largest absolute Gasteiger partial charge is 0.416 e. The summed E-state index contributed by atoms with van der Waals surface area (Å²) in [5.74, 6) is 0.115. The highest BCUT2D eigenvalue weighted by Crippen LogP contribution is 2.41. The number of carbonyl (C=O) groups excluding carboxylic acids is 1. The fourth-order valence-electron chi connectivity index (χ4n) is 3.72. The molecule has 1 atom stereocenters. The number of carbonyl (C=O) groups is 1. The van der Waals surface area contributed by atoms with Crippen LogP contribution in [0.15, 0.2) is 71.6 Å². The Labute approximate surface area is 214 Å². The van der Waals surface area contributed by atoms with Crippen LogP contribution in [-0.4, -0.2) is 5.97 Å². The van der Waals surface area contributed by atoms with E-state index in [2.05, 4.69) is 19.1 Å². The van der Waals surface area contributed by atoms with Crippen molar-refractivity contribution < 1.29 is 27.7 Å². The normalized spacial score (nSPS) is 12.3. The minimum absolute atomic E-state index is 0.222. The van der Waals surface area contributed by atoms with Crippen molar-refractivity contribution in [3.05, 3.63) is 83.4 Å². The lowest BCUT2D eigenvalue weighted by molar-refractivity contribution is -0.214. The van der Waals surface area contributed by atoms with E-state index in [1.54, 1.807) is 11.8 Å². The third-order valence-corrected chi connectivity index (χ3v) is 7.07. The summed E-state index contributed by atoms with van der Waals surface area (Å²) in [6.07, 6.45) is -0.187. The van der Waals surface area contributed by atoms with E-state index in [1.165, 1.54) is 12.1 Å². The molecule has 0 radical (unpaired) electrons. The average Bonchev–Trinajstić information content (AvgIpc) is 2.86. The van der Waals surface area contributed by atoms with Crippen molar-refractivity contribution in [2.75, 3.05) is 0 Å². The fourth-order valence-corrected chi connectivity index (χ4v) is 5.01. The molecule has 0 heterocycles. The molecule has 0 N–H and O–H groups in total. The van der Waals surface area contributed by atoms with Crippen LogP contribution in [0.25, 0.3) is 11.1 Å². The summed E-state index contributed by atoms with van der Waals surface area (Å²) in [4.78, 5) is 22.7. The first kappa shape index (κ1) is 27.7. The smallest absolute Gasteiger partial charge is 0.287 e. The van der Waals surface area contributed by atoms with Gasteiger partial charge in [0.25, 0.3) is 0 Å². The van der Waals surface area contributed by atoms with Crippen LogP contribution in [0.1, 0.15) is 67.9 Å². The highest BCUT2D eigenvalue weighted by atomic mass is 32.2. The standard InChI is InChI=1S/C29H31F3O3S/c1-4-6-8-27(36-25-17-18-26(20(3)19-25)34-35-28(33)7-5-2)23-11-9-21(10-12-23)22-13-15-24(16-14-22)29(30,31)32/h9-19,27H,4-8H2,1-3H3. The molecule has 0 saturated carbocycles. The van der Waals surface area contributed by atoms with Crippen LogP contribution in [0.3, 0.4) is 0 Å². The van der Waals surface area contributed by atoms with E-state index >= 15 is 0 Å². The summed E-state index contributed by atoms with van der Waals surface area (Å²) in [6, 6.07) is 19.1. The van der Waals surface area contributed by atoms with Crippen LogP contribution in [-0.2, 0) is 15.9 Å². The predicted octanol–water partition coefficient (Wildman–Crippen LogP) is 9.34. The van der Waals surface area contributed by atoms with Gasteiger partial charge < -0.3 is 0 Å². The van der Waals surface area contributed by atoms with E-state index < -0.39 is 17.7 Å². The Morgan fingerprint density at radius 2 is 1.56 bits per heavy atom. The zero-order valence-corrected chi connectivity index (χ0v) is 21.5. The molecule has 0 fully saturated rings. The Morgan fingerprint density at radius 1 is 0.917 bits per heavy atom. The van der Waals surface area contributed by atoms with Crippen molar-refractivity contribution in [3.63, 3.8) is 0 Å². The second kappa shape index (κ2) is 12.9. The third-order valence-electron chi connectivity index (χ3n) is 5.75. The van der Waals surface area contributed by atoms with Gasteiger partial charge >= 0.3 is 12.1 Å². The maximum Gasteiger partial charge on any atom is 0.416 e. The van der Waals surface area contributed by atoms with Crippen LogP contribution in [0.2, 0.25) is 0 Å². The van der Waals surface area contributed by atoms with Crippen molar-refractivity contribution in [1.82, 2.24) is 0 Å². The third kappa shape index (κ3) is 7.79. The number of rotatable bonds is 11. The minimum atomic E-state index is -4.34. The van der Waals surface area contributed by atoms with Gasteiger partial charge in [0.1, 0.15) is 0 Å². The van der Waals surface area contributed by atoms with Gasteiger partial charge in [0.05, 0.1) is 5.56 Å². The molecule has 7 heteroatoms. The van der Waals surface area contributed by atoms with Gasteiger partial charge in [-0.05, 0) is 72.4 Å². The molecular formula is C29H31F3O3S. The van der Waals surface area contributed by atoms with Gasteiger partial charge in [0.2, 0.25) is 0 Å². The second-order valence-electron chi connectivity index (χ2n) is 8.66. The second-order valence-corrected chi connectivity index (χ2v) is 9.94. The Hall–Kier alpha value is -2.93. The van der Waals surface area contributed by atoms with E-state index in [0.29, 0.717) is 18.6 Å². The number of alkyl halides is 3. The summed E-state index contributed by atoms with van der Waals surface area (Å²) in [5.41, 5.74) is 3.01. The molecule has 1 unspecified atom stereocenters. The maximum absolute atomic E-state index is 12.9. The maximum atomic E-state index is 12.9. The molecule has 0 saturated heterocycles. The minimum Gasteiger partial charge on any atom is -0.287 e. The SMILES string of the molecule is CCCCC(Sc1ccc(OOC(=O)CCC)c(C)c1)c1ccc(-c2ccc(C(F)(F)F)cc2)cc1. The Kier molecular flexibility index (Phi) is 9.88. The zero-order valence-electron chi connectivity index (χ0n) is 20.7. The predicted molar refractivity (Wildman–Crippen MR) is 138 cm³/mol. The lowest BCUT2D eigenvalue weighted by Crippen LogP contribution is -2.07. The van der Waals surface area contributed by atoms with Crippen LogP contribution in [0, 0.1) is 6.92 Å². The van der Waals surface area contributed by atoms with Gasteiger partial charge in [-0.1, -0.05) is 63.1 Å². The molecule has 0 aliphatic heterocycles. The fraction of sp³-hybridized carbons (Fsp3) is 0.345. The number of hydrogen-bond donors (Lipinski definition) is 0. The molecule has 3 aromatic rings. The molecule has 36 heavy (non-hydrogen) atoms. The molecule has 3 rings (SSSR count). The number of unbranched alkanes of at least 4 members (excludes halogenated alkanes) is 1. The molecule has 192 valence electrons. The van der Waals surface area contributed by atoms with Gasteiger partial charge in [-0.3, -0.25) is 9.78 Å². The Morgan fingerprint density at radius 3 is 2.11 bits per heavy atom. The number of hydrogen-bond acceptors (Lipinski definition) is 4. The van der Waals surface area contributed by atoms with Gasteiger partial charge in [-0.25, -0.2) is 4.79 Å². The molecule has 0 aliphatic rings. The van der Waals surface area contributed by atoms with Crippen LogP contribution >= 0.6 is 11.8 Å². The average molecular weight is 517 g/mol. The quantitative estimate of drug-likeness (QED) is 0.144. The number of benzene rings is 3. The number of halogens is 3. The topological polar surface area (TPSA) is 35.5 Å². The first-order chi connectivity index (χ1) is 17.2. The lowest BCUT2D eigenvalue weighted by atomic mass is 10.00. The van der Waals surface area contributed by atoms with Crippen molar-refractivity contribution in [2.45, 2.75) is 69.2 Å². The summed E-state index contributed by atoms with van der Waals surface area (Å²) in [5, 5.41) is 0.222. The summed E-state index contributed by atoms with van der Waals surface area (Å²) in [6.45, 7) is 5.97. The van der Waals surface area contributed by atoms with E-state index in [4.69, 9.17) is 9.78 Å². The van der Waals surface area contributed by atoms with E-state index in [1.807, 2.05) is 44.2 Å². The monoisotopic (exact) mass is 516 g/mol. The van der Waals surface area contributed by atoms with Gasteiger partial charge in [0, 0.05) is 16.6 Å². The Balaban J connectivity index is 1.72. The molecule has 3 nitrogen and oxygen atoms in total. The molecular weight excluding hydrogens is 485 g/mol. The zero-order chi connectivity index (χ0) is 26.1. The Bertz CT molecular complexity index is 1130. The summed E-state index contributed by atoms with van der Waals surface area (Å²) in [7, 11) is 0.